The van der Waals surface area contributed by atoms with Gasteiger partial charge in [-0.15, -0.1) is 0 Å². The van der Waals surface area contributed by atoms with Crippen LogP contribution in [0.5, 0.6) is 0 Å². The number of hydrogen-bond acceptors (Lipinski definition) is 4. The van der Waals surface area contributed by atoms with Crippen LogP contribution in [0, 0.1) is 11.8 Å². The molecular weight excluding hydrogens is 286 g/mol. The van der Waals surface area contributed by atoms with Crippen LogP contribution < -0.4 is 5.32 Å². The number of aliphatic hydroxyl groups is 1. The molecule has 22 heavy (non-hydrogen) atoms. The second kappa shape index (κ2) is 12.8. The molecule has 124 valence electrons. The van der Waals surface area contributed by atoms with Crippen molar-refractivity contribution in [2.75, 3.05) is 6.61 Å². The number of rotatable bonds is 11. The van der Waals surface area contributed by atoms with E-state index >= 15 is 0 Å². The van der Waals surface area contributed by atoms with E-state index in [4.69, 9.17) is 10.2 Å². The maximum absolute atomic E-state index is 11.4. The first-order valence-corrected chi connectivity index (χ1v) is 7.68. The second-order valence-electron chi connectivity index (χ2n) is 5.04. The van der Waals surface area contributed by atoms with Crippen LogP contribution in [-0.4, -0.2) is 40.5 Å². The molecule has 0 aliphatic carbocycles. The van der Waals surface area contributed by atoms with Crippen molar-refractivity contribution in [2.24, 2.45) is 0 Å². The molecule has 0 aliphatic rings. The van der Waals surface area contributed by atoms with Gasteiger partial charge in [-0.25, -0.2) is 4.79 Å². The van der Waals surface area contributed by atoms with Crippen molar-refractivity contribution in [1.29, 1.82) is 0 Å². The van der Waals surface area contributed by atoms with Gasteiger partial charge in [0.2, 0.25) is 0 Å². The highest BCUT2D eigenvalue weighted by Gasteiger charge is 2.26. The number of Topliss-reactive ketones (excluding diaryl/α,β-unsaturated/α-hetero) is 1. The molecule has 0 radical (unpaired) electrons. The van der Waals surface area contributed by atoms with E-state index in [-0.39, 0.29) is 0 Å². The van der Waals surface area contributed by atoms with Crippen molar-refractivity contribution in [3.8, 4) is 11.8 Å². The summed E-state index contributed by atoms with van der Waals surface area (Å²) < 4.78 is 0. The highest BCUT2D eigenvalue weighted by molar-refractivity contribution is 6.07. The summed E-state index contributed by atoms with van der Waals surface area (Å²) in [7, 11) is 0. The highest BCUT2D eigenvalue weighted by Crippen LogP contribution is 2.07. The van der Waals surface area contributed by atoms with E-state index in [9.17, 15) is 14.4 Å². The first-order valence-electron chi connectivity index (χ1n) is 7.68. The molecule has 0 aromatic rings. The molecule has 0 spiro atoms. The zero-order chi connectivity index (χ0) is 16.8. The third-order valence-corrected chi connectivity index (χ3v) is 3.11. The van der Waals surface area contributed by atoms with Crippen LogP contribution in [0.3, 0.4) is 0 Å². The molecule has 0 saturated heterocycles. The summed E-state index contributed by atoms with van der Waals surface area (Å²) in [5.41, 5.74) is 0. The van der Waals surface area contributed by atoms with Gasteiger partial charge >= 0.3 is 5.97 Å². The number of amides is 1. The van der Waals surface area contributed by atoms with Gasteiger partial charge in [0.15, 0.2) is 11.8 Å². The predicted octanol–water partition coefficient (Wildman–Crippen LogP) is 1.26. The number of aliphatic carboxylic acids is 1. The maximum atomic E-state index is 11.4. The van der Waals surface area contributed by atoms with E-state index < -0.39 is 30.3 Å². The standard InChI is InChI=1S/C16H25NO5/c1-2-3-4-5-6-7-8-9-10-11-14(20)17-15(16(21)22)13(19)12-18/h15,18H,2-9,12H2,1H3,(H,17,20)(H,21,22)/t15-/m0/s1. The van der Waals surface area contributed by atoms with E-state index in [1.165, 1.54) is 25.7 Å². The molecule has 0 aromatic heterocycles. The summed E-state index contributed by atoms with van der Waals surface area (Å²) in [4.78, 5) is 33.3. The fourth-order valence-corrected chi connectivity index (χ4v) is 1.85. The van der Waals surface area contributed by atoms with Crippen molar-refractivity contribution in [2.45, 2.75) is 64.3 Å². The molecular formula is C16H25NO5. The van der Waals surface area contributed by atoms with Gasteiger partial charge in [-0.3, -0.25) is 9.59 Å². The molecule has 0 aromatic carbocycles. The van der Waals surface area contributed by atoms with Crippen LogP contribution in [0.2, 0.25) is 0 Å². The van der Waals surface area contributed by atoms with Crippen molar-refractivity contribution in [1.82, 2.24) is 5.32 Å². The molecule has 0 bridgehead atoms. The second-order valence-corrected chi connectivity index (χ2v) is 5.04. The molecule has 0 saturated carbocycles. The van der Waals surface area contributed by atoms with Crippen molar-refractivity contribution in [3.63, 3.8) is 0 Å². The summed E-state index contributed by atoms with van der Waals surface area (Å²) in [5.74, 6) is 1.61. The molecule has 0 rings (SSSR count). The fourth-order valence-electron chi connectivity index (χ4n) is 1.85. The number of ketones is 1. The summed E-state index contributed by atoms with van der Waals surface area (Å²) in [6.07, 6.45) is 8.61. The van der Waals surface area contributed by atoms with E-state index in [1.54, 1.807) is 0 Å². The molecule has 0 fully saturated rings. The zero-order valence-corrected chi connectivity index (χ0v) is 13.1. The number of carbonyl (C=O) groups excluding carboxylic acids is 2. The van der Waals surface area contributed by atoms with Crippen molar-refractivity contribution >= 4 is 17.7 Å². The Labute approximate surface area is 131 Å². The van der Waals surface area contributed by atoms with Gasteiger partial charge in [0.25, 0.3) is 5.91 Å². The first kappa shape index (κ1) is 20.1. The van der Waals surface area contributed by atoms with Crippen LogP contribution >= 0.6 is 0 Å². The van der Waals surface area contributed by atoms with E-state index in [0.717, 1.165) is 19.3 Å². The molecule has 1 atom stereocenters. The minimum atomic E-state index is -1.75. The molecule has 0 aliphatic heterocycles. The Hall–Kier alpha value is -1.87. The lowest BCUT2D eigenvalue weighted by molar-refractivity contribution is -0.146. The third-order valence-electron chi connectivity index (χ3n) is 3.11. The first-order chi connectivity index (χ1) is 10.5. The van der Waals surface area contributed by atoms with Crippen molar-refractivity contribution in [3.05, 3.63) is 0 Å². The van der Waals surface area contributed by atoms with Gasteiger partial charge in [-0.05, 0) is 12.3 Å². The lowest BCUT2D eigenvalue weighted by Crippen LogP contribution is -2.47. The summed E-state index contributed by atoms with van der Waals surface area (Å²) in [6, 6.07) is -1.75. The zero-order valence-electron chi connectivity index (χ0n) is 13.1. The number of carbonyl (C=O) groups is 3. The van der Waals surface area contributed by atoms with Crippen LogP contribution in [0.15, 0.2) is 0 Å². The van der Waals surface area contributed by atoms with Gasteiger partial charge in [0, 0.05) is 6.42 Å². The lowest BCUT2D eigenvalue weighted by Gasteiger charge is -2.09. The molecule has 0 heterocycles. The van der Waals surface area contributed by atoms with Crippen LogP contribution in [0.1, 0.15) is 58.3 Å². The van der Waals surface area contributed by atoms with Crippen LogP contribution in [-0.2, 0) is 14.4 Å². The number of nitrogens with one attached hydrogen (secondary N) is 1. The lowest BCUT2D eigenvalue weighted by atomic mass is 10.1. The molecule has 6 heteroatoms. The average Bonchev–Trinajstić information content (AvgIpc) is 2.50. The average molecular weight is 311 g/mol. The maximum Gasteiger partial charge on any atom is 0.334 e. The normalized spacial score (nSPS) is 11.2. The fraction of sp³-hybridized carbons (Fsp3) is 0.688. The summed E-state index contributed by atoms with van der Waals surface area (Å²) in [5, 5.41) is 19.3. The predicted molar refractivity (Wildman–Crippen MR) is 82.0 cm³/mol. The molecule has 0 unspecified atom stereocenters. The number of aliphatic hydroxyl groups excluding tert-OH is 1. The van der Waals surface area contributed by atoms with E-state index in [2.05, 4.69) is 18.8 Å². The Morgan fingerprint density at radius 2 is 1.64 bits per heavy atom. The third kappa shape index (κ3) is 9.94. The Kier molecular flexibility index (Phi) is 11.7. The van der Waals surface area contributed by atoms with Gasteiger partial charge < -0.3 is 15.5 Å². The molecule has 6 nitrogen and oxygen atoms in total. The van der Waals surface area contributed by atoms with Crippen molar-refractivity contribution < 1.29 is 24.6 Å². The van der Waals surface area contributed by atoms with Gasteiger partial charge in [-0.1, -0.05) is 51.4 Å². The van der Waals surface area contributed by atoms with Gasteiger partial charge in [0.1, 0.15) is 6.61 Å². The minimum Gasteiger partial charge on any atom is -0.479 e. The number of unbranched alkanes of at least 4 members (excludes halogenated alkanes) is 7. The van der Waals surface area contributed by atoms with Crippen LogP contribution in [0.4, 0.5) is 0 Å². The Balaban J connectivity index is 3.92. The summed E-state index contributed by atoms with van der Waals surface area (Å²) in [6.45, 7) is 1.23. The largest absolute Gasteiger partial charge is 0.479 e. The topological polar surface area (TPSA) is 104 Å². The highest BCUT2D eigenvalue weighted by atomic mass is 16.4. The molecule has 3 N–H and O–H groups in total. The monoisotopic (exact) mass is 311 g/mol. The Morgan fingerprint density at radius 3 is 2.18 bits per heavy atom. The Morgan fingerprint density at radius 1 is 1.05 bits per heavy atom. The molecule has 1 amide bonds. The van der Waals surface area contributed by atoms with Gasteiger partial charge in [0.05, 0.1) is 0 Å². The van der Waals surface area contributed by atoms with E-state index in [0.29, 0.717) is 6.42 Å². The smallest absolute Gasteiger partial charge is 0.334 e. The number of hydrogen-bond donors (Lipinski definition) is 3. The van der Waals surface area contributed by atoms with Gasteiger partial charge in [-0.2, -0.15) is 0 Å². The quantitative estimate of drug-likeness (QED) is 0.303. The van der Waals surface area contributed by atoms with E-state index in [1.807, 2.05) is 5.32 Å². The number of carboxylic acid groups (broad SMARTS) is 1. The van der Waals surface area contributed by atoms with Crippen LogP contribution in [0.25, 0.3) is 0 Å². The Bertz CT molecular complexity index is 422. The summed E-state index contributed by atoms with van der Waals surface area (Å²) >= 11 is 0. The SMILES string of the molecule is CCCCCCCCCC#CC(=O)N[C@H](C(=O)O)C(=O)CO. The number of carboxylic acids is 1. The minimum absolute atomic E-state index is 0.562.